The van der Waals surface area contributed by atoms with E-state index in [4.69, 9.17) is 4.74 Å². The van der Waals surface area contributed by atoms with E-state index in [1.807, 2.05) is 0 Å². The standard InChI is InChI=1S/C11H13BrN2O3/c1-8(12)7-17-11-4-3-10(14(15)16)5-9(11)6-13-2/h3-5,13H,1,6-7H2,2H3. The second-order valence-electron chi connectivity index (χ2n) is 3.39. The summed E-state index contributed by atoms with van der Waals surface area (Å²) in [6.45, 7) is 4.49. The molecule has 0 saturated heterocycles. The molecule has 17 heavy (non-hydrogen) atoms. The molecule has 0 aliphatic rings. The van der Waals surface area contributed by atoms with Crippen molar-refractivity contribution >= 4 is 21.6 Å². The second-order valence-corrected chi connectivity index (χ2v) is 4.51. The van der Waals surface area contributed by atoms with E-state index in [1.165, 1.54) is 12.1 Å². The summed E-state index contributed by atoms with van der Waals surface area (Å²) in [4.78, 5) is 10.2. The molecule has 0 spiro atoms. The lowest BCUT2D eigenvalue weighted by Crippen LogP contribution is -2.08. The van der Waals surface area contributed by atoms with Gasteiger partial charge in [-0.05, 0) is 13.1 Å². The van der Waals surface area contributed by atoms with Crippen LogP contribution >= 0.6 is 15.9 Å². The van der Waals surface area contributed by atoms with Gasteiger partial charge in [0.15, 0.2) is 0 Å². The molecule has 1 N–H and O–H groups in total. The van der Waals surface area contributed by atoms with Crippen molar-refractivity contribution in [1.29, 1.82) is 0 Å². The summed E-state index contributed by atoms with van der Waals surface area (Å²) in [5, 5.41) is 13.6. The van der Waals surface area contributed by atoms with Crippen molar-refractivity contribution in [3.8, 4) is 5.75 Å². The number of nitrogens with zero attached hydrogens (tertiary/aromatic N) is 1. The molecule has 0 radical (unpaired) electrons. The number of nitro groups is 1. The molecule has 0 aliphatic heterocycles. The Hall–Kier alpha value is -1.40. The van der Waals surface area contributed by atoms with Gasteiger partial charge in [0.1, 0.15) is 12.4 Å². The molecule has 1 rings (SSSR count). The summed E-state index contributed by atoms with van der Waals surface area (Å²) < 4.78 is 6.19. The van der Waals surface area contributed by atoms with Crippen molar-refractivity contribution in [1.82, 2.24) is 5.32 Å². The van der Waals surface area contributed by atoms with Crippen LogP contribution in [0, 0.1) is 10.1 Å². The highest BCUT2D eigenvalue weighted by Crippen LogP contribution is 2.24. The third kappa shape index (κ3) is 4.16. The van der Waals surface area contributed by atoms with Crippen LogP contribution < -0.4 is 10.1 Å². The summed E-state index contributed by atoms with van der Waals surface area (Å²) in [7, 11) is 1.77. The molecule has 1 aromatic carbocycles. The van der Waals surface area contributed by atoms with Gasteiger partial charge >= 0.3 is 0 Å². The zero-order chi connectivity index (χ0) is 12.8. The quantitative estimate of drug-likeness (QED) is 0.648. The van der Waals surface area contributed by atoms with E-state index in [0.717, 1.165) is 5.56 Å². The van der Waals surface area contributed by atoms with Crippen molar-refractivity contribution in [2.45, 2.75) is 6.54 Å². The number of benzene rings is 1. The van der Waals surface area contributed by atoms with Crippen LogP contribution in [0.1, 0.15) is 5.56 Å². The molecule has 0 aromatic heterocycles. The van der Waals surface area contributed by atoms with Crippen molar-refractivity contribution < 1.29 is 9.66 Å². The lowest BCUT2D eigenvalue weighted by molar-refractivity contribution is -0.384. The minimum atomic E-state index is -0.424. The molecular formula is C11H13BrN2O3. The molecule has 5 nitrogen and oxygen atoms in total. The number of rotatable bonds is 6. The van der Waals surface area contributed by atoms with Gasteiger partial charge in [-0.25, -0.2) is 0 Å². The average Bonchev–Trinajstić information content (AvgIpc) is 2.27. The van der Waals surface area contributed by atoms with Crippen molar-refractivity contribution in [2.75, 3.05) is 13.7 Å². The Labute approximate surface area is 108 Å². The molecule has 6 heteroatoms. The normalized spacial score (nSPS) is 10.0. The fourth-order valence-corrected chi connectivity index (χ4v) is 1.42. The van der Waals surface area contributed by atoms with Crippen LogP contribution in [0.15, 0.2) is 29.3 Å². The molecule has 0 heterocycles. The van der Waals surface area contributed by atoms with E-state index in [0.29, 0.717) is 23.4 Å². The van der Waals surface area contributed by atoms with Crippen LogP contribution in [-0.4, -0.2) is 18.6 Å². The van der Waals surface area contributed by atoms with Gasteiger partial charge in [0, 0.05) is 28.7 Å². The zero-order valence-corrected chi connectivity index (χ0v) is 11.0. The van der Waals surface area contributed by atoms with Gasteiger partial charge in [0.2, 0.25) is 0 Å². The first-order valence-electron chi connectivity index (χ1n) is 4.92. The first-order chi connectivity index (χ1) is 8.04. The predicted molar refractivity (Wildman–Crippen MR) is 69.4 cm³/mol. The third-order valence-electron chi connectivity index (χ3n) is 2.01. The minimum Gasteiger partial charge on any atom is -0.488 e. The lowest BCUT2D eigenvalue weighted by Gasteiger charge is -2.10. The summed E-state index contributed by atoms with van der Waals surface area (Å²) >= 11 is 3.19. The summed E-state index contributed by atoms with van der Waals surface area (Å²) in [6.07, 6.45) is 0. The maximum absolute atomic E-state index is 10.7. The topological polar surface area (TPSA) is 64.4 Å². The Morgan fingerprint density at radius 3 is 2.88 bits per heavy atom. The van der Waals surface area contributed by atoms with E-state index >= 15 is 0 Å². The first kappa shape index (κ1) is 13.7. The van der Waals surface area contributed by atoms with Gasteiger partial charge in [-0.15, -0.1) is 0 Å². The smallest absolute Gasteiger partial charge is 0.270 e. The maximum Gasteiger partial charge on any atom is 0.270 e. The molecule has 0 unspecified atom stereocenters. The first-order valence-corrected chi connectivity index (χ1v) is 5.72. The number of hydrogen-bond donors (Lipinski definition) is 1. The third-order valence-corrected chi connectivity index (χ3v) is 2.24. The molecular weight excluding hydrogens is 288 g/mol. The number of nitro benzene ring substituents is 1. The Balaban J connectivity index is 2.95. The molecule has 0 amide bonds. The van der Waals surface area contributed by atoms with E-state index in [1.54, 1.807) is 13.1 Å². The van der Waals surface area contributed by atoms with Gasteiger partial charge in [0.25, 0.3) is 5.69 Å². The molecule has 0 aliphatic carbocycles. The van der Waals surface area contributed by atoms with E-state index in [2.05, 4.69) is 27.8 Å². The average molecular weight is 301 g/mol. The van der Waals surface area contributed by atoms with Crippen LogP contribution in [-0.2, 0) is 6.54 Å². The van der Waals surface area contributed by atoms with Crippen LogP contribution in [0.25, 0.3) is 0 Å². The maximum atomic E-state index is 10.7. The van der Waals surface area contributed by atoms with Crippen LogP contribution in [0.5, 0.6) is 5.75 Å². The summed E-state index contributed by atoms with van der Waals surface area (Å²) in [6, 6.07) is 4.52. The van der Waals surface area contributed by atoms with Crippen LogP contribution in [0.4, 0.5) is 5.69 Å². The fourth-order valence-electron chi connectivity index (χ4n) is 1.30. The van der Waals surface area contributed by atoms with Crippen LogP contribution in [0.2, 0.25) is 0 Å². The minimum absolute atomic E-state index is 0.0558. The molecule has 1 aromatic rings. The second kappa shape index (κ2) is 6.36. The largest absolute Gasteiger partial charge is 0.488 e. The van der Waals surface area contributed by atoms with Gasteiger partial charge in [-0.3, -0.25) is 10.1 Å². The van der Waals surface area contributed by atoms with Crippen molar-refractivity contribution in [3.05, 3.63) is 44.9 Å². The van der Waals surface area contributed by atoms with E-state index < -0.39 is 4.92 Å². The Kier molecular flexibility index (Phi) is 5.11. The van der Waals surface area contributed by atoms with E-state index in [-0.39, 0.29) is 5.69 Å². The Bertz CT molecular complexity index is 435. The Morgan fingerprint density at radius 2 is 2.35 bits per heavy atom. The number of non-ortho nitro benzene ring substituents is 1. The summed E-state index contributed by atoms with van der Waals surface area (Å²) in [5.74, 6) is 0.616. The zero-order valence-electron chi connectivity index (χ0n) is 9.40. The van der Waals surface area contributed by atoms with Gasteiger partial charge < -0.3 is 10.1 Å². The molecule has 92 valence electrons. The van der Waals surface area contributed by atoms with Crippen LogP contribution in [0.3, 0.4) is 0 Å². The highest BCUT2D eigenvalue weighted by Gasteiger charge is 2.11. The Morgan fingerprint density at radius 1 is 1.65 bits per heavy atom. The SMILES string of the molecule is C=C(Br)COc1ccc([N+](=O)[O-])cc1CNC. The molecule has 0 fully saturated rings. The van der Waals surface area contributed by atoms with Gasteiger partial charge in [-0.1, -0.05) is 22.5 Å². The number of halogens is 1. The van der Waals surface area contributed by atoms with E-state index in [9.17, 15) is 10.1 Å². The highest BCUT2D eigenvalue weighted by molar-refractivity contribution is 9.11. The fraction of sp³-hybridized carbons (Fsp3) is 0.273. The van der Waals surface area contributed by atoms with Crippen molar-refractivity contribution in [2.24, 2.45) is 0 Å². The predicted octanol–water partition coefficient (Wildman–Crippen LogP) is 2.60. The monoisotopic (exact) mass is 300 g/mol. The van der Waals surface area contributed by atoms with Gasteiger partial charge in [0.05, 0.1) is 4.92 Å². The van der Waals surface area contributed by atoms with Crippen molar-refractivity contribution in [3.63, 3.8) is 0 Å². The molecule has 0 atom stereocenters. The number of ether oxygens (including phenoxy) is 1. The summed E-state index contributed by atoms with van der Waals surface area (Å²) in [5.41, 5.74) is 0.802. The lowest BCUT2D eigenvalue weighted by atomic mass is 10.2. The molecule has 0 bridgehead atoms. The number of hydrogen-bond acceptors (Lipinski definition) is 4. The number of nitrogens with one attached hydrogen (secondary N) is 1. The van der Waals surface area contributed by atoms with Gasteiger partial charge in [-0.2, -0.15) is 0 Å². The molecule has 0 saturated carbocycles. The highest BCUT2D eigenvalue weighted by atomic mass is 79.9.